The number of carbonyl (C=O) groups excluding carboxylic acids is 1. The van der Waals surface area contributed by atoms with Crippen LogP contribution in [0.25, 0.3) is 22.8 Å². The topological polar surface area (TPSA) is 119 Å². The van der Waals surface area contributed by atoms with Crippen LogP contribution in [0.2, 0.25) is 0 Å². The molecule has 2 atom stereocenters. The van der Waals surface area contributed by atoms with Gasteiger partial charge in [-0.1, -0.05) is 6.07 Å². The number of likely N-dealkylation sites (tertiary alicyclic amines) is 1. The summed E-state index contributed by atoms with van der Waals surface area (Å²) in [6.07, 6.45) is 3.57. The molecule has 0 radical (unpaired) electrons. The second-order valence-electron chi connectivity index (χ2n) is 10.5. The van der Waals surface area contributed by atoms with Crippen molar-refractivity contribution in [2.75, 3.05) is 25.5 Å². The molecule has 1 fully saturated rings. The van der Waals surface area contributed by atoms with E-state index in [1.807, 2.05) is 30.0 Å². The first-order chi connectivity index (χ1) is 19.2. The lowest BCUT2D eigenvalue weighted by Gasteiger charge is -2.36. The van der Waals surface area contributed by atoms with Crippen molar-refractivity contribution in [2.45, 2.75) is 51.5 Å². The Balaban J connectivity index is 1.20. The van der Waals surface area contributed by atoms with E-state index in [0.29, 0.717) is 30.6 Å². The highest BCUT2D eigenvalue weighted by Crippen LogP contribution is 2.39. The van der Waals surface area contributed by atoms with Crippen LogP contribution in [0.3, 0.4) is 0 Å². The number of amides is 1. The molecule has 0 saturated carbocycles. The lowest BCUT2D eigenvalue weighted by Crippen LogP contribution is -2.46. The zero-order valence-corrected chi connectivity index (χ0v) is 22.9. The fourth-order valence-electron chi connectivity index (χ4n) is 5.65. The van der Waals surface area contributed by atoms with Crippen molar-refractivity contribution < 1.29 is 18.3 Å². The van der Waals surface area contributed by atoms with Crippen molar-refractivity contribution in [1.29, 1.82) is 0 Å². The normalized spacial score (nSPS) is 18.9. The molecular weight excluding hydrogens is 513 g/mol. The van der Waals surface area contributed by atoms with Gasteiger partial charge in [-0.15, -0.1) is 10.2 Å². The Hall–Kier alpha value is -4.41. The van der Waals surface area contributed by atoms with E-state index in [2.05, 4.69) is 26.6 Å². The number of pyridine rings is 3. The highest BCUT2D eigenvalue weighted by Gasteiger charge is 2.43. The minimum Gasteiger partial charge on any atom is -0.481 e. The maximum atomic E-state index is 14.5. The summed E-state index contributed by atoms with van der Waals surface area (Å²) in [6.45, 7) is 6.57. The second kappa shape index (κ2) is 9.96. The van der Waals surface area contributed by atoms with E-state index in [0.717, 1.165) is 53.8 Å². The molecule has 0 bridgehead atoms. The Labute approximate surface area is 231 Å². The van der Waals surface area contributed by atoms with E-state index in [9.17, 15) is 9.18 Å². The van der Waals surface area contributed by atoms with Gasteiger partial charge < -0.3 is 19.4 Å². The smallest absolute Gasteiger partial charge is 0.266 e. The summed E-state index contributed by atoms with van der Waals surface area (Å²) in [7, 11) is 1.47. The van der Waals surface area contributed by atoms with E-state index in [1.54, 1.807) is 13.8 Å². The number of carbonyl (C=O) groups is 1. The molecule has 0 aromatic carbocycles. The van der Waals surface area contributed by atoms with Crippen molar-refractivity contribution in [3.8, 4) is 28.7 Å². The molecule has 1 N–H and O–H groups in total. The minimum atomic E-state index is -0.648. The number of fused-ring (bicyclic) bond motifs is 1. The highest BCUT2D eigenvalue weighted by atomic mass is 19.1. The summed E-state index contributed by atoms with van der Waals surface area (Å²) in [5.41, 5.74) is 4.31. The minimum absolute atomic E-state index is 0.112. The first kappa shape index (κ1) is 25.8. The van der Waals surface area contributed by atoms with Gasteiger partial charge in [0.1, 0.15) is 17.3 Å². The number of nitrogens with zero attached hydrogens (tertiary/aromatic N) is 6. The first-order valence-corrected chi connectivity index (χ1v) is 13.3. The summed E-state index contributed by atoms with van der Waals surface area (Å²) in [4.78, 5) is 28.8. The quantitative estimate of drug-likeness (QED) is 0.388. The molecule has 10 nitrogen and oxygen atoms in total. The first-order valence-electron chi connectivity index (χ1n) is 13.3. The molecule has 2 aliphatic rings. The maximum Gasteiger partial charge on any atom is 0.266 e. The number of anilines is 1. The van der Waals surface area contributed by atoms with Crippen LogP contribution in [-0.2, 0) is 11.2 Å². The number of hydrogen-bond acceptors (Lipinski definition) is 9. The van der Waals surface area contributed by atoms with Crippen LogP contribution in [0, 0.1) is 19.7 Å². The fourth-order valence-corrected chi connectivity index (χ4v) is 5.65. The Kier molecular flexibility index (Phi) is 6.44. The van der Waals surface area contributed by atoms with Gasteiger partial charge in [0.05, 0.1) is 30.5 Å². The summed E-state index contributed by atoms with van der Waals surface area (Å²) in [6, 6.07) is 9.35. The van der Waals surface area contributed by atoms with Crippen molar-refractivity contribution in [3.63, 3.8) is 0 Å². The summed E-state index contributed by atoms with van der Waals surface area (Å²) in [5.74, 6) is 0.717. The molecule has 11 heteroatoms. The van der Waals surface area contributed by atoms with Gasteiger partial charge in [0, 0.05) is 42.9 Å². The predicted octanol–water partition coefficient (Wildman–Crippen LogP) is 4.49. The van der Waals surface area contributed by atoms with Crippen molar-refractivity contribution in [3.05, 3.63) is 65.1 Å². The number of halogens is 1. The maximum absolute atomic E-state index is 14.5. The molecule has 4 aromatic heterocycles. The Morgan fingerprint density at radius 2 is 2.00 bits per heavy atom. The van der Waals surface area contributed by atoms with Gasteiger partial charge in [0.25, 0.3) is 5.89 Å². The monoisotopic (exact) mass is 543 g/mol. The molecule has 0 aliphatic carbocycles. The number of aryl methyl sites for hydroxylation is 3. The van der Waals surface area contributed by atoms with E-state index in [4.69, 9.17) is 19.1 Å². The van der Waals surface area contributed by atoms with Crippen LogP contribution in [0.15, 0.2) is 40.9 Å². The third kappa shape index (κ3) is 4.65. The molecule has 4 aromatic rings. The van der Waals surface area contributed by atoms with Crippen molar-refractivity contribution >= 4 is 11.7 Å². The van der Waals surface area contributed by atoms with Gasteiger partial charge in [-0.05, 0) is 56.9 Å². The number of nitrogens with one attached hydrogen (secondary N) is 1. The molecule has 6 heterocycles. The standard InChI is InChI=1S/C29H30FN7O3/c1-16(20-13-25(39-4)31-14-22(20)30)28(38)37-11-10-29(15-37)9-8-19-12-21(17(2)32-26(19)34-29)23-6-5-7-24(33-23)27-36-35-18(3)40-27/h5-7,12-14,16H,8-11,15H2,1-4H3,(H,32,34)/t16-,29+/m1/s1. The lowest BCUT2D eigenvalue weighted by molar-refractivity contribution is -0.131. The number of rotatable bonds is 5. The predicted molar refractivity (Wildman–Crippen MR) is 145 cm³/mol. The van der Waals surface area contributed by atoms with Crippen molar-refractivity contribution in [2.24, 2.45) is 0 Å². The molecule has 2 aliphatic heterocycles. The number of ether oxygens (including phenoxy) is 1. The zero-order chi connectivity index (χ0) is 28.0. The average Bonchev–Trinajstić information content (AvgIpc) is 3.58. The largest absolute Gasteiger partial charge is 0.481 e. The number of hydrogen-bond donors (Lipinski definition) is 1. The zero-order valence-electron chi connectivity index (χ0n) is 22.9. The van der Waals surface area contributed by atoms with E-state index < -0.39 is 11.7 Å². The third-order valence-electron chi connectivity index (χ3n) is 7.89. The summed E-state index contributed by atoms with van der Waals surface area (Å²) >= 11 is 0. The molecule has 1 spiro atoms. The summed E-state index contributed by atoms with van der Waals surface area (Å²) < 4.78 is 25.2. The van der Waals surface area contributed by atoms with Gasteiger partial charge in [-0.3, -0.25) is 4.79 Å². The van der Waals surface area contributed by atoms with E-state index in [-0.39, 0.29) is 22.9 Å². The Morgan fingerprint density at radius 1 is 1.18 bits per heavy atom. The third-order valence-corrected chi connectivity index (χ3v) is 7.89. The average molecular weight is 544 g/mol. The molecule has 1 saturated heterocycles. The van der Waals surface area contributed by atoms with Crippen LogP contribution in [-0.4, -0.2) is 61.7 Å². The summed E-state index contributed by atoms with van der Waals surface area (Å²) in [5, 5.41) is 11.6. The number of aromatic nitrogens is 5. The second-order valence-corrected chi connectivity index (χ2v) is 10.5. The van der Waals surface area contributed by atoms with E-state index >= 15 is 0 Å². The molecule has 40 heavy (non-hydrogen) atoms. The van der Waals surface area contributed by atoms with Gasteiger partial charge >= 0.3 is 0 Å². The van der Waals surface area contributed by atoms with Crippen LogP contribution in [0.1, 0.15) is 48.4 Å². The molecule has 0 unspecified atom stereocenters. The van der Waals surface area contributed by atoms with Crippen LogP contribution in [0.5, 0.6) is 5.88 Å². The van der Waals surface area contributed by atoms with Gasteiger partial charge in [-0.2, -0.15) is 0 Å². The van der Waals surface area contributed by atoms with Gasteiger partial charge in [0.2, 0.25) is 17.7 Å². The van der Waals surface area contributed by atoms with Crippen molar-refractivity contribution in [1.82, 2.24) is 30.0 Å². The molecular formula is C29H30FN7O3. The van der Waals surface area contributed by atoms with Crippen LogP contribution in [0.4, 0.5) is 10.2 Å². The number of methoxy groups -OCH3 is 1. The molecule has 1 amide bonds. The SMILES string of the molecule is COc1cc([C@@H](C)C(=O)N2CC[C@@]3(CCc4cc(-c5cccc(-c6nnc(C)o6)n5)c(C)nc4N3)C2)c(F)cn1. The van der Waals surface area contributed by atoms with Gasteiger partial charge in [-0.25, -0.2) is 19.3 Å². The lowest BCUT2D eigenvalue weighted by atomic mass is 9.86. The Morgan fingerprint density at radius 3 is 2.77 bits per heavy atom. The fraction of sp³-hybridized carbons (Fsp3) is 0.379. The molecule has 206 valence electrons. The van der Waals surface area contributed by atoms with Gasteiger partial charge in [0.15, 0.2) is 0 Å². The van der Waals surface area contributed by atoms with Crippen LogP contribution < -0.4 is 10.1 Å². The highest BCUT2D eigenvalue weighted by molar-refractivity contribution is 5.84. The van der Waals surface area contributed by atoms with Crippen LogP contribution >= 0.6 is 0 Å². The Bertz CT molecular complexity index is 1610. The van der Waals surface area contributed by atoms with E-state index in [1.165, 1.54) is 13.2 Å². The molecule has 6 rings (SSSR count).